The lowest BCUT2D eigenvalue weighted by molar-refractivity contribution is -0.127. The molecule has 7 heteroatoms. The molecule has 1 unspecified atom stereocenters. The Balaban J connectivity index is 1.76. The summed E-state index contributed by atoms with van der Waals surface area (Å²) in [4.78, 5) is 38.7. The number of rotatable bonds is 3. The van der Waals surface area contributed by atoms with E-state index in [1.165, 1.54) is 31.6 Å². The highest BCUT2D eigenvalue weighted by molar-refractivity contribution is 6.00. The number of carbonyl (C=O) groups is 3. The molecule has 132 valence electrons. The highest BCUT2D eigenvalue weighted by Gasteiger charge is 2.22. The van der Waals surface area contributed by atoms with Crippen LogP contribution in [0.1, 0.15) is 41.4 Å². The molecule has 1 aliphatic rings. The number of H-pyrrole nitrogens is 1. The molecule has 0 saturated heterocycles. The number of esters is 1. The summed E-state index contributed by atoms with van der Waals surface area (Å²) in [7, 11) is 1.39. The average molecular weight is 343 g/mol. The van der Waals surface area contributed by atoms with Crippen molar-refractivity contribution < 1.29 is 19.1 Å². The van der Waals surface area contributed by atoms with Crippen molar-refractivity contribution in [3.63, 3.8) is 0 Å². The van der Waals surface area contributed by atoms with Gasteiger partial charge in [0.25, 0.3) is 5.91 Å². The third-order valence-corrected chi connectivity index (χ3v) is 4.45. The predicted octanol–water partition coefficient (Wildman–Crippen LogP) is 2.05. The van der Waals surface area contributed by atoms with Gasteiger partial charge in [-0.05, 0) is 56.4 Å². The molecular weight excluding hydrogens is 322 g/mol. The van der Waals surface area contributed by atoms with Gasteiger partial charge in [-0.3, -0.25) is 10.1 Å². The summed E-state index contributed by atoms with van der Waals surface area (Å²) in [5.74, 6) is -1.26. The molecule has 0 radical (unpaired) electrons. The second kappa shape index (κ2) is 6.96. The van der Waals surface area contributed by atoms with Gasteiger partial charge in [-0.25, -0.2) is 9.59 Å². The maximum absolute atomic E-state index is 12.3. The minimum atomic E-state index is -1.07. The van der Waals surface area contributed by atoms with Gasteiger partial charge in [0.05, 0.1) is 5.56 Å². The van der Waals surface area contributed by atoms with Crippen LogP contribution in [0.15, 0.2) is 18.2 Å². The van der Waals surface area contributed by atoms with Gasteiger partial charge in [-0.1, -0.05) is 0 Å². The molecule has 25 heavy (non-hydrogen) atoms. The minimum absolute atomic E-state index is 0.388. The molecule has 1 heterocycles. The topological polar surface area (TPSA) is 100 Å². The molecule has 3 amide bonds. The van der Waals surface area contributed by atoms with E-state index >= 15 is 0 Å². The first kappa shape index (κ1) is 17.0. The van der Waals surface area contributed by atoms with Crippen molar-refractivity contribution in [1.29, 1.82) is 0 Å². The van der Waals surface area contributed by atoms with E-state index in [9.17, 15) is 14.4 Å². The van der Waals surface area contributed by atoms with Crippen molar-refractivity contribution in [2.45, 2.75) is 38.7 Å². The Bertz CT molecular complexity index is 840. The fourth-order valence-electron chi connectivity index (χ4n) is 3.09. The van der Waals surface area contributed by atoms with E-state index in [2.05, 4.69) is 15.6 Å². The number of aryl methyl sites for hydroxylation is 2. The Morgan fingerprint density at radius 3 is 2.72 bits per heavy atom. The molecule has 0 bridgehead atoms. The second-order valence-corrected chi connectivity index (χ2v) is 6.17. The minimum Gasteiger partial charge on any atom is -0.449 e. The Hall–Kier alpha value is -2.83. The van der Waals surface area contributed by atoms with Gasteiger partial charge in [0.2, 0.25) is 0 Å². The number of fused-ring (bicyclic) bond motifs is 3. The van der Waals surface area contributed by atoms with Gasteiger partial charge in [-0.15, -0.1) is 0 Å². The number of benzene rings is 1. The Labute approximate surface area is 145 Å². The number of hydrogen-bond donors (Lipinski definition) is 3. The summed E-state index contributed by atoms with van der Waals surface area (Å²) in [5, 5.41) is 5.38. The molecule has 0 fully saturated rings. The summed E-state index contributed by atoms with van der Waals surface area (Å²) in [6.45, 7) is 1.42. The molecule has 3 rings (SSSR count). The second-order valence-electron chi connectivity index (χ2n) is 6.17. The van der Waals surface area contributed by atoms with Crippen LogP contribution in [0.3, 0.4) is 0 Å². The molecule has 0 spiro atoms. The standard InChI is InChI=1S/C18H21N3O4/c1-10(16(22)21-18(24)19-2)25-17(23)11-7-8-15-13(9-11)12-5-3-4-6-14(12)20-15/h7-10,20H,3-6H2,1-2H3,(H2,19,21,22,24). The van der Waals surface area contributed by atoms with Crippen molar-refractivity contribution in [2.75, 3.05) is 7.05 Å². The van der Waals surface area contributed by atoms with E-state index in [1.807, 2.05) is 12.1 Å². The van der Waals surface area contributed by atoms with Gasteiger partial charge in [0.15, 0.2) is 6.10 Å². The summed E-state index contributed by atoms with van der Waals surface area (Å²) in [5.41, 5.74) is 3.90. The van der Waals surface area contributed by atoms with Crippen LogP contribution < -0.4 is 10.6 Å². The Morgan fingerprint density at radius 1 is 1.20 bits per heavy atom. The fourth-order valence-corrected chi connectivity index (χ4v) is 3.09. The lowest BCUT2D eigenvalue weighted by atomic mass is 9.95. The van der Waals surface area contributed by atoms with Gasteiger partial charge in [-0.2, -0.15) is 0 Å². The number of aromatic nitrogens is 1. The lowest BCUT2D eigenvalue weighted by Gasteiger charge is -2.13. The maximum atomic E-state index is 12.3. The highest BCUT2D eigenvalue weighted by Crippen LogP contribution is 2.29. The molecule has 1 aromatic carbocycles. The molecular formula is C18H21N3O4. The Morgan fingerprint density at radius 2 is 1.96 bits per heavy atom. The number of carbonyl (C=O) groups excluding carboxylic acids is 3. The van der Waals surface area contributed by atoms with E-state index in [0.29, 0.717) is 5.56 Å². The number of hydrogen-bond acceptors (Lipinski definition) is 4. The van der Waals surface area contributed by atoms with Crippen LogP contribution in [-0.2, 0) is 22.4 Å². The fraction of sp³-hybridized carbons (Fsp3) is 0.389. The first-order valence-electron chi connectivity index (χ1n) is 8.36. The summed E-state index contributed by atoms with van der Waals surface area (Å²) >= 11 is 0. The van der Waals surface area contributed by atoms with Crippen molar-refractivity contribution in [3.05, 3.63) is 35.0 Å². The molecule has 3 N–H and O–H groups in total. The number of aromatic amines is 1. The van der Waals surface area contributed by atoms with Crippen molar-refractivity contribution in [1.82, 2.24) is 15.6 Å². The summed E-state index contributed by atoms with van der Waals surface area (Å²) in [6, 6.07) is 4.70. The van der Waals surface area contributed by atoms with E-state index in [4.69, 9.17) is 4.74 Å². The monoisotopic (exact) mass is 343 g/mol. The number of amides is 3. The van der Waals surface area contributed by atoms with Crippen LogP contribution in [0, 0.1) is 0 Å². The molecule has 0 aliphatic heterocycles. The number of urea groups is 1. The smallest absolute Gasteiger partial charge is 0.338 e. The molecule has 1 aromatic heterocycles. The zero-order chi connectivity index (χ0) is 18.0. The lowest BCUT2D eigenvalue weighted by Crippen LogP contribution is -2.43. The van der Waals surface area contributed by atoms with E-state index in [1.54, 1.807) is 6.07 Å². The molecule has 2 aromatic rings. The van der Waals surface area contributed by atoms with Crippen LogP contribution in [0.25, 0.3) is 10.9 Å². The molecule has 7 nitrogen and oxygen atoms in total. The van der Waals surface area contributed by atoms with Gasteiger partial charge < -0.3 is 15.0 Å². The normalized spacial score (nSPS) is 14.5. The van der Waals surface area contributed by atoms with E-state index in [0.717, 1.165) is 30.2 Å². The maximum Gasteiger partial charge on any atom is 0.338 e. The number of imide groups is 1. The van der Waals surface area contributed by atoms with Gasteiger partial charge >= 0.3 is 12.0 Å². The van der Waals surface area contributed by atoms with E-state index < -0.39 is 24.0 Å². The first-order valence-corrected chi connectivity index (χ1v) is 8.36. The van der Waals surface area contributed by atoms with Crippen molar-refractivity contribution >= 4 is 28.8 Å². The van der Waals surface area contributed by atoms with Gasteiger partial charge in [0.1, 0.15) is 0 Å². The van der Waals surface area contributed by atoms with Crippen LogP contribution in [0.4, 0.5) is 4.79 Å². The van der Waals surface area contributed by atoms with Crippen molar-refractivity contribution in [3.8, 4) is 0 Å². The quantitative estimate of drug-likeness (QED) is 0.743. The zero-order valence-electron chi connectivity index (χ0n) is 14.3. The van der Waals surface area contributed by atoms with Gasteiger partial charge in [0, 0.05) is 23.6 Å². The molecule has 1 aliphatic carbocycles. The SMILES string of the molecule is CNC(=O)NC(=O)C(C)OC(=O)c1ccc2[nH]c3c(c2c1)CCCC3. The number of ether oxygens (including phenoxy) is 1. The molecule has 0 saturated carbocycles. The third kappa shape index (κ3) is 3.50. The number of nitrogens with one attached hydrogen (secondary N) is 3. The summed E-state index contributed by atoms with van der Waals surface area (Å²) in [6.07, 6.45) is 3.28. The Kier molecular flexibility index (Phi) is 4.74. The largest absolute Gasteiger partial charge is 0.449 e. The third-order valence-electron chi connectivity index (χ3n) is 4.45. The zero-order valence-corrected chi connectivity index (χ0v) is 14.3. The van der Waals surface area contributed by atoms with E-state index in [-0.39, 0.29) is 0 Å². The van der Waals surface area contributed by atoms with Crippen LogP contribution in [0.2, 0.25) is 0 Å². The first-order chi connectivity index (χ1) is 12.0. The summed E-state index contributed by atoms with van der Waals surface area (Å²) < 4.78 is 5.17. The van der Waals surface area contributed by atoms with Crippen LogP contribution in [-0.4, -0.2) is 36.0 Å². The highest BCUT2D eigenvalue weighted by atomic mass is 16.5. The molecule has 1 atom stereocenters. The van der Waals surface area contributed by atoms with Crippen molar-refractivity contribution in [2.24, 2.45) is 0 Å². The van der Waals surface area contributed by atoms with Crippen LogP contribution in [0.5, 0.6) is 0 Å². The average Bonchev–Trinajstić information content (AvgIpc) is 2.99. The predicted molar refractivity (Wildman–Crippen MR) is 92.4 cm³/mol. The van der Waals surface area contributed by atoms with Crippen LogP contribution >= 0.6 is 0 Å².